The topological polar surface area (TPSA) is 68.9 Å². The molecule has 18 heavy (non-hydrogen) atoms. The normalized spacial score (nSPS) is 13.6. The van der Waals surface area contributed by atoms with Crippen molar-refractivity contribution in [3.05, 3.63) is 46.3 Å². The second-order valence-electron chi connectivity index (χ2n) is 4.18. The summed E-state index contributed by atoms with van der Waals surface area (Å²) in [5.74, 6) is 0.643. The number of thiophene rings is 1. The maximum atomic E-state index is 10.3. The molecule has 5 heteroatoms. The third kappa shape index (κ3) is 2.86. The lowest BCUT2D eigenvalue weighted by atomic mass is 9.99. The summed E-state index contributed by atoms with van der Waals surface area (Å²) in [6.07, 6.45) is 1.50. The van der Waals surface area contributed by atoms with E-state index < -0.39 is 5.60 Å². The van der Waals surface area contributed by atoms with Crippen molar-refractivity contribution in [1.82, 2.24) is 4.98 Å². The van der Waals surface area contributed by atoms with E-state index in [2.05, 4.69) is 10.3 Å². The van der Waals surface area contributed by atoms with Crippen LogP contribution in [-0.2, 0) is 5.60 Å². The Bertz CT molecular complexity index is 541. The molecule has 2 N–H and O–H groups in total. The van der Waals surface area contributed by atoms with Crippen molar-refractivity contribution >= 4 is 17.2 Å². The molecule has 0 spiro atoms. The summed E-state index contributed by atoms with van der Waals surface area (Å²) in [6, 6.07) is 7.33. The fourth-order valence-electron chi connectivity index (χ4n) is 1.50. The fourth-order valence-corrected chi connectivity index (χ4v) is 2.28. The molecule has 2 aromatic heterocycles. The molecule has 2 heterocycles. The van der Waals surface area contributed by atoms with Crippen LogP contribution in [-0.4, -0.2) is 16.6 Å². The number of pyridine rings is 1. The second kappa shape index (κ2) is 5.17. The fraction of sp³-hybridized carbons (Fsp3) is 0.231. The van der Waals surface area contributed by atoms with Crippen molar-refractivity contribution in [2.75, 3.05) is 11.9 Å². The molecular formula is C13H13N3OS. The Morgan fingerprint density at radius 2 is 2.33 bits per heavy atom. The maximum Gasteiger partial charge on any atom is 0.126 e. The quantitative estimate of drug-likeness (QED) is 0.884. The van der Waals surface area contributed by atoms with Crippen LogP contribution in [0.2, 0.25) is 0 Å². The van der Waals surface area contributed by atoms with Crippen LogP contribution >= 0.6 is 11.3 Å². The first-order chi connectivity index (χ1) is 8.62. The molecule has 0 saturated carbocycles. The molecule has 0 amide bonds. The molecule has 4 nitrogen and oxygen atoms in total. The first-order valence-electron chi connectivity index (χ1n) is 5.47. The lowest BCUT2D eigenvalue weighted by Gasteiger charge is -2.23. The van der Waals surface area contributed by atoms with Crippen LogP contribution in [0.5, 0.6) is 0 Å². The first kappa shape index (κ1) is 12.6. The van der Waals surface area contributed by atoms with Crippen molar-refractivity contribution in [2.24, 2.45) is 0 Å². The number of hydrogen-bond acceptors (Lipinski definition) is 5. The lowest BCUT2D eigenvalue weighted by molar-refractivity contribution is 0.0719. The number of nitrogens with one attached hydrogen (secondary N) is 1. The maximum absolute atomic E-state index is 10.3. The SMILES string of the molecule is CC(O)(CNc1ccc(C#N)cn1)c1ccsc1. The van der Waals surface area contributed by atoms with Gasteiger partial charge in [0.1, 0.15) is 17.5 Å². The minimum Gasteiger partial charge on any atom is -0.384 e. The van der Waals surface area contributed by atoms with Crippen molar-refractivity contribution in [3.63, 3.8) is 0 Å². The van der Waals surface area contributed by atoms with E-state index in [0.29, 0.717) is 17.9 Å². The molecule has 0 fully saturated rings. The zero-order valence-corrected chi connectivity index (χ0v) is 10.7. The number of rotatable bonds is 4. The molecule has 92 valence electrons. The summed E-state index contributed by atoms with van der Waals surface area (Å²) >= 11 is 1.55. The monoisotopic (exact) mass is 259 g/mol. The van der Waals surface area contributed by atoms with Gasteiger partial charge in [-0.3, -0.25) is 0 Å². The van der Waals surface area contributed by atoms with E-state index >= 15 is 0 Å². The zero-order chi connectivity index (χ0) is 13.0. The van der Waals surface area contributed by atoms with E-state index in [0.717, 1.165) is 5.56 Å². The van der Waals surface area contributed by atoms with Gasteiger partial charge >= 0.3 is 0 Å². The highest BCUT2D eigenvalue weighted by Crippen LogP contribution is 2.23. The van der Waals surface area contributed by atoms with Gasteiger partial charge in [-0.1, -0.05) is 0 Å². The Hall–Kier alpha value is -1.90. The molecule has 2 rings (SSSR count). The summed E-state index contributed by atoms with van der Waals surface area (Å²) in [6.45, 7) is 2.12. The van der Waals surface area contributed by atoms with Gasteiger partial charge in [-0.15, -0.1) is 0 Å². The average molecular weight is 259 g/mol. The van der Waals surface area contributed by atoms with E-state index in [1.807, 2.05) is 22.9 Å². The Labute approximate surface area is 110 Å². The summed E-state index contributed by atoms with van der Waals surface area (Å²) in [7, 11) is 0. The van der Waals surface area contributed by atoms with Crippen molar-refractivity contribution in [2.45, 2.75) is 12.5 Å². The van der Waals surface area contributed by atoms with Crippen molar-refractivity contribution in [3.8, 4) is 6.07 Å². The van der Waals surface area contributed by atoms with Gasteiger partial charge in [-0.25, -0.2) is 4.98 Å². The van der Waals surface area contributed by atoms with Gasteiger partial charge in [0.05, 0.1) is 5.56 Å². The van der Waals surface area contributed by atoms with Gasteiger partial charge in [0.2, 0.25) is 0 Å². The molecular weight excluding hydrogens is 246 g/mol. The molecule has 0 saturated heterocycles. The Morgan fingerprint density at radius 1 is 1.50 bits per heavy atom. The smallest absolute Gasteiger partial charge is 0.126 e. The van der Waals surface area contributed by atoms with Gasteiger partial charge < -0.3 is 10.4 Å². The standard InChI is InChI=1S/C13H13N3OS/c1-13(17,11-4-5-18-8-11)9-16-12-3-2-10(6-14)7-15-12/h2-5,7-8,17H,9H2,1H3,(H,15,16). The van der Waals surface area contributed by atoms with E-state index in [4.69, 9.17) is 5.26 Å². The van der Waals surface area contributed by atoms with E-state index in [-0.39, 0.29) is 0 Å². The van der Waals surface area contributed by atoms with Gasteiger partial charge in [-0.05, 0) is 41.4 Å². The van der Waals surface area contributed by atoms with Crippen LogP contribution < -0.4 is 5.32 Å². The molecule has 0 aromatic carbocycles. The Balaban J connectivity index is 2.01. The van der Waals surface area contributed by atoms with Crippen LogP contribution in [0.1, 0.15) is 18.1 Å². The van der Waals surface area contributed by atoms with Crippen LogP contribution in [0.15, 0.2) is 35.2 Å². The predicted octanol–water partition coefficient (Wildman–Crippen LogP) is 2.33. The average Bonchev–Trinajstić information content (AvgIpc) is 2.92. The second-order valence-corrected chi connectivity index (χ2v) is 4.96. The predicted molar refractivity (Wildman–Crippen MR) is 71.3 cm³/mol. The minimum atomic E-state index is -0.935. The Kier molecular flexibility index (Phi) is 3.60. The number of aliphatic hydroxyl groups is 1. The van der Waals surface area contributed by atoms with Gasteiger partial charge in [-0.2, -0.15) is 16.6 Å². The highest BCUT2D eigenvalue weighted by atomic mass is 32.1. The lowest BCUT2D eigenvalue weighted by Crippen LogP contribution is -2.30. The third-order valence-corrected chi connectivity index (χ3v) is 3.33. The van der Waals surface area contributed by atoms with Crippen LogP contribution in [0.3, 0.4) is 0 Å². The highest BCUT2D eigenvalue weighted by molar-refractivity contribution is 7.08. The van der Waals surface area contributed by atoms with Gasteiger partial charge in [0.25, 0.3) is 0 Å². The minimum absolute atomic E-state index is 0.364. The third-order valence-electron chi connectivity index (χ3n) is 2.65. The number of anilines is 1. The Morgan fingerprint density at radius 3 is 2.89 bits per heavy atom. The van der Waals surface area contributed by atoms with Crippen molar-refractivity contribution in [1.29, 1.82) is 5.26 Å². The van der Waals surface area contributed by atoms with E-state index in [1.54, 1.807) is 30.4 Å². The summed E-state index contributed by atoms with van der Waals surface area (Å²) in [5.41, 5.74) is 0.467. The van der Waals surface area contributed by atoms with E-state index in [9.17, 15) is 5.11 Å². The van der Waals surface area contributed by atoms with Crippen LogP contribution in [0.4, 0.5) is 5.82 Å². The summed E-state index contributed by atoms with van der Waals surface area (Å²) < 4.78 is 0. The number of nitrogens with zero attached hydrogens (tertiary/aromatic N) is 2. The van der Waals surface area contributed by atoms with Gasteiger partial charge in [0.15, 0.2) is 0 Å². The number of nitriles is 1. The molecule has 1 unspecified atom stereocenters. The molecule has 0 radical (unpaired) electrons. The first-order valence-corrected chi connectivity index (χ1v) is 6.41. The molecule has 0 bridgehead atoms. The van der Waals surface area contributed by atoms with E-state index in [1.165, 1.54) is 6.20 Å². The van der Waals surface area contributed by atoms with Crippen LogP contribution in [0.25, 0.3) is 0 Å². The van der Waals surface area contributed by atoms with Crippen LogP contribution in [0, 0.1) is 11.3 Å². The number of hydrogen-bond donors (Lipinski definition) is 2. The molecule has 2 aromatic rings. The highest BCUT2D eigenvalue weighted by Gasteiger charge is 2.23. The summed E-state index contributed by atoms with van der Waals surface area (Å²) in [5, 5.41) is 25.9. The molecule has 0 aliphatic heterocycles. The summed E-state index contributed by atoms with van der Waals surface area (Å²) in [4.78, 5) is 4.09. The molecule has 0 aliphatic carbocycles. The molecule has 0 aliphatic rings. The largest absolute Gasteiger partial charge is 0.384 e. The van der Waals surface area contributed by atoms with Gasteiger partial charge in [0, 0.05) is 12.7 Å². The molecule has 1 atom stereocenters. The number of aromatic nitrogens is 1. The zero-order valence-electron chi connectivity index (χ0n) is 9.92. The van der Waals surface area contributed by atoms with Crippen molar-refractivity contribution < 1.29 is 5.11 Å².